The molecule has 0 aliphatic heterocycles. The van der Waals surface area contributed by atoms with Crippen LogP contribution in [0.5, 0.6) is 0 Å². The molecule has 150 valence electrons. The van der Waals surface area contributed by atoms with Crippen LogP contribution < -0.4 is 5.32 Å². The summed E-state index contributed by atoms with van der Waals surface area (Å²) in [5.41, 5.74) is 3.68. The van der Waals surface area contributed by atoms with E-state index in [2.05, 4.69) is 39.3 Å². The van der Waals surface area contributed by atoms with E-state index < -0.39 is 0 Å². The molecule has 0 aromatic carbocycles. The molecule has 0 bridgehead atoms. The monoisotopic (exact) mass is 392 g/mol. The summed E-state index contributed by atoms with van der Waals surface area (Å²) >= 11 is 0. The molecule has 1 N–H and O–H groups in total. The van der Waals surface area contributed by atoms with Gasteiger partial charge in [-0.3, -0.25) is 9.78 Å². The molecule has 3 aromatic heterocycles. The third-order valence-electron chi connectivity index (χ3n) is 5.27. The fourth-order valence-electron chi connectivity index (χ4n) is 3.89. The van der Waals surface area contributed by atoms with Crippen LogP contribution in [0.4, 0.5) is 0 Å². The lowest BCUT2D eigenvalue weighted by molar-refractivity contribution is 0.0916. The third-order valence-corrected chi connectivity index (χ3v) is 5.27. The first kappa shape index (κ1) is 19.2. The van der Waals surface area contributed by atoms with Gasteiger partial charge in [0.1, 0.15) is 17.0 Å². The Morgan fingerprint density at radius 2 is 2.10 bits per heavy atom. The van der Waals surface area contributed by atoms with Crippen molar-refractivity contribution in [1.82, 2.24) is 30.4 Å². The van der Waals surface area contributed by atoms with Crippen LogP contribution in [0.3, 0.4) is 0 Å². The number of amides is 1. The third kappa shape index (κ3) is 3.74. The minimum atomic E-state index is -0.184. The van der Waals surface area contributed by atoms with Gasteiger partial charge in [-0.25, -0.2) is 15.0 Å². The molecule has 3 heterocycles. The van der Waals surface area contributed by atoms with Gasteiger partial charge in [0, 0.05) is 24.2 Å². The molecule has 0 radical (unpaired) electrons. The second-order valence-electron chi connectivity index (χ2n) is 8.17. The van der Waals surface area contributed by atoms with Gasteiger partial charge in [-0.05, 0) is 31.6 Å². The van der Waals surface area contributed by atoms with Crippen LogP contribution in [-0.4, -0.2) is 31.0 Å². The number of nitrogens with one attached hydrogen (secondary N) is 1. The van der Waals surface area contributed by atoms with E-state index in [4.69, 9.17) is 9.51 Å². The normalized spacial score (nSPS) is 17.6. The highest BCUT2D eigenvalue weighted by atomic mass is 16.5. The van der Waals surface area contributed by atoms with Gasteiger partial charge >= 0.3 is 0 Å². The topological polar surface area (TPSA) is 107 Å². The molecule has 8 nitrogen and oxygen atoms in total. The van der Waals surface area contributed by atoms with Crippen molar-refractivity contribution >= 4 is 5.91 Å². The van der Waals surface area contributed by atoms with Crippen LogP contribution in [-0.2, 0) is 12.8 Å². The number of hydrogen-bond donors (Lipinski definition) is 1. The Kier molecular flexibility index (Phi) is 4.86. The maximum Gasteiger partial charge on any atom is 0.257 e. The van der Waals surface area contributed by atoms with E-state index in [1.165, 1.54) is 0 Å². The van der Waals surface area contributed by atoms with Crippen molar-refractivity contribution in [2.45, 2.75) is 53.0 Å². The highest BCUT2D eigenvalue weighted by molar-refractivity contribution is 5.96. The Morgan fingerprint density at radius 1 is 1.28 bits per heavy atom. The van der Waals surface area contributed by atoms with E-state index in [1.54, 1.807) is 31.7 Å². The molecule has 29 heavy (non-hydrogen) atoms. The lowest BCUT2D eigenvalue weighted by Crippen LogP contribution is -2.37. The number of hydrogen-bond acceptors (Lipinski definition) is 7. The van der Waals surface area contributed by atoms with E-state index >= 15 is 0 Å². The van der Waals surface area contributed by atoms with Crippen LogP contribution >= 0.6 is 0 Å². The first-order chi connectivity index (χ1) is 13.9. The van der Waals surface area contributed by atoms with Gasteiger partial charge in [0.25, 0.3) is 5.91 Å². The molecule has 0 saturated heterocycles. The van der Waals surface area contributed by atoms with Gasteiger partial charge in [0.2, 0.25) is 0 Å². The lowest BCUT2D eigenvalue weighted by atomic mass is 9.74. The molecular formula is C21H24N6O2. The highest BCUT2D eigenvalue weighted by Gasteiger charge is 2.35. The molecule has 1 aliphatic carbocycles. The Bertz CT molecular complexity index is 1040. The zero-order chi connectivity index (χ0) is 20.6. The Hall–Kier alpha value is -3.16. The van der Waals surface area contributed by atoms with Crippen LogP contribution in [0.15, 0.2) is 29.3 Å². The largest absolute Gasteiger partial charge is 0.361 e. The zero-order valence-electron chi connectivity index (χ0n) is 17.1. The van der Waals surface area contributed by atoms with Crippen molar-refractivity contribution in [3.63, 3.8) is 0 Å². The molecular weight excluding hydrogens is 368 g/mol. The summed E-state index contributed by atoms with van der Waals surface area (Å²) in [6.07, 6.45) is 8.93. The summed E-state index contributed by atoms with van der Waals surface area (Å²) in [6.45, 7) is 8.08. The fourth-order valence-corrected chi connectivity index (χ4v) is 3.89. The van der Waals surface area contributed by atoms with Gasteiger partial charge in [0.05, 0.1) is 23.6 Å². The maximum atomic E-state index is 13.0. The van der Waals surface area contributed by atoms with Crippen LogP contribution in [0.25, 0.3) is 11.5 Å². The van der Waals surface area contributed by atoms with Crippen molar-refractivity contribution in [3.8, 4) is 11.5 Å². The van der Waals surface area contributed by atoms with Crippen molar-refractivity contribution in [2.24, 2.45) is 5.41 Å². The predicted molar refractivity (Wildman–Crippen MR) is 106 cm³/mol. The second-order valence-corrected chi connectivity index (χ2v) is 8.17. The maximum absolute atomic E-state index is 13.0. The van der Waals surface area contributed by atoms with Gasteiger partial charge < -0.3 is 9.84 Å². The number of carbonyl (C=O) groups excluding carboxylic acids is 1. The van der Waals surface area contributed by atoms with E-state index in [9.17, 15) is 4.79 Å². The number of aromatic nitrogens is 5. The van der Waals surface area contributed by atoms with Gasteiger partial charge in [-0.15, -0.1) is 0 Å². The molecule has 0 spiro atoms. The van der Waals surface area contributed by atoms with Crippen LogP contribution in [0, 0.1) is 12.3 Å². The SMILES string of the molecule is CCc1noc(C)c1C(=O)N[C@@H]1CC(C)(C)Cc2nc(-c3cnccn3)ncc21. The first-order valence-electron chi connectivity index (χ1n) is 9.76. The summed E-state index contributed by atoms with van der Waals surface area (Å²) in [6, 6.07) is -0.184. The average molecular weight is 392 g/mol. The number of aryl methyl sites for hydroxylation is 2. The molecule has 8 heteroatoms. The molecule has 0 unspecified atom stereocenters. The molecule has 1 amide bonds. The summed E-state index contributed by atoms with van der Waals surface area (Å²) in [4.78, 5) is 30.6. The van der Waals surface area contributed by atoms with E-state index in [0.717, 1.165) is 24.1 Å². The Morgan fingerprint density at radius 3 is 2.83 bits per heavy atom. The van der Waals surface area contributed by atoms with E-state index in [-0.39, 0.29) is 17.4 Å². The first-order valence-corrected chi connectivity index (χ1v) is 9.76. The molecule has 1 aliphatic rings. The molecule has 3 aromatic rings. The van der Waals surface area contributed by atoms with Gasteiger partial charge in [-0.2, -0.15) is 0 Å². The minimum absolute atomic E-state index is 0.0176. The predicted octanol–water partition coefficient (Wildman–Crippen LogP) is 3.24. The summed E-state index contributed by atoms with van der Waals surface area (Å²) < 4.78 is 5.22. The molecule has 4 rings (SSSR count). The summed E-state index contributed by atoms with van der Waals surface area (Å²) in [7, 11) is 0. The smallest absolute Gasteiger partial charge is 0.257 e. The second kappa shape index (κ2) is 7.35. The average Bonchev–Trinajstić information content (AvgIpc) is 3.08. The number of fused-ring (bicyclic) bond motifs is 1. The van der Waals surface area contributed by atoms with Crippen molar-refractivity contribution in [1.29, 1.82) is 0 Å². The summed E-state index contributed by atoms with van der Waals surface area (Å²) in [5, 5.41) is 7.15. The van der Waals surface area contributed by atoms with Crippen LogP contribution in [0.1, 0.15) is 66.3 Å². The van der Waals surface area contributed by atoms with Gasteiger partial charge in [-0.1, -0.05) is 25.9 Å². The quantitative estimate of drug-likeness (QED) is 0.726. The summed E-state index contributed by atoms with van der Waals surface area (Å²) in [5.74, 6) is 0.902. The van der Waals surface area contributed by atoms with E-state index in [1.807, 2.05) is 6.92 Å². The molecule has 0 fully saturated rings. The van der Waals surface area contributed by atoms with Gasteiger partial charge in [0.15, 0.2) is 5.82 Å². The lowest BCUT2D eigenvalue weighted by Gasteiger charge is -2.36. The highest BCUT2D eigenvalue weighted by Crippen LogP contribution is 2.40. The van der Waals surface area contributed by atoms with E-state index in [0.29, 0.717) is 35.0 Å². The van der Waals surface area contributed by atoms with Crippen molar-refractivity contribution in [3.05, 3.63) is 53.1 Å². The van der Waals surface area contributed by atoms with Crippen molar-refractivity contribution in [2.75, 3.05) is 0 Å². The zero-order valence-corrected chi connectivity index (χ0v) is 17.1. The molecule has 0 saturated carbocycles. The number of rotatable bonds is 4. The fraction of sp³-hybridized carbons (Fsp3) is 0.429. The van der Waals surface area contributed by atoms with Crippen molar-refractivity contribution < 1.29 is 9.32 Å². The minimum Gasteiger partial charge on any atom is -0.361 e. The van der Waals surface area contributed by atoms with Crippen LogP contribution in [0.2, 0.25) is 0 Å². The molecule has 1 atom stereocenters. The Balaban J connectivity index is 1.67. The number of nitrogens with zero attached hydrogens (tertiary/aromatic N) is 5. The standard InChI is InChI=1S/C21H24N6O2/c1-5-14-18(12(2)29-27-14)20(28)26-16-9-21(3,4)8-15-13(16)10-24-19(25-15)17-11-22-6-7-23-17/h6-7,10-11,16H,5,8-9H2,1-4H3,(H,26,28)/t16-/m1/s1. The number of carbonyl (C=O) groups is 1. The Labute approximate surface area is 169 Å².